The maximum atomic E-state index is 12.7. The summed E-state index contributed by atoms with van der Waals surface area (Å²) in [6.07, 6.45) is 0.471. The van der Waals surface area contributed by atoms with Crippen LogP contribution in [0.5, 0.6) is 5.75 Å². The monoisotopic (exact) mass is 313 g/mol. The number of sulfonamides is 1. The number of ether oxygens (including phenoxy) is 1. The maximum Gasteiger partial charge on any atom is 0.307 e. The highest BCUT2D eigenvalue weighted by Gasteiger charge is 2.32. The molecule has 0 radical (unpaired) electrons. The summed E-state index contributed by atoms with van der Waals surface area (Å²) in [5.74, 6) is -0.310. The van der Waals surface area contributed by atoms with Gasteiger partial charge in [0.1, 0.15) is 5.75 Å². The van der Waals surface area contributed by atoms with Gasteiger partial charge < -0.3 is 9.84 Å². The number of aliphatic carboxylic acids is 1. The number of carbonyl (C=O) groups is 1. The molecule has 1 aliphatic rings. The summed E-state index contributed by atoms with van der Waals surface area (Å²) in [4.78, 5) is 11.0. The smallest absolute Gasteiger partial charge is 0.307 e. The predicted molar refractivity (Wildman–Crippen MR) is 76.9 cm³/mol. The molecule has 1 N–H and O–H groups in total. The second-order valence-electron chi connectivity index (χ2n) is 5.30. The van der Waals surface area contributed by atoms with E-state index >= 15 is 0 Å². The standard InChI is InChI=1S/C14H19NO5S/c1-10-5-6-15(9-10)21(18,19)13-4-3-12(20-2)7-11(13)8-14(16)17/h3-4,7,10H,5-6,8-9H2,1-2H3,(H,16,17). The first-order valence-electron chi connectivity index (χ1n) is 6.73. The van der Waals surface area contributed by atoms with Crippen molar-refractivity contribution in [2.75, 3.05) is 20.2 Å². The average Bonchev–Trinajstić information content (AvgIpc) is 2.85. The molecular weight excluding hydrogens is 294 g/mol. The minimum Gasteiger partial charge on any atom is -0.497 e. The van der Waals surface area contributed by atoms with E-state index in [1.54, 1.807) is 0 Å². The fourth-order valence-corrected chi connectivity index (χ4v) is 4.26. The van der Waals surface area contributed by atoms with Crippen LogP contribution in [-0.4, -0.2) is 44.0 Å². The molecule has 0 bridgehead atoms. The molecule has 7 heteroatoms. The topological polar surface area (TPSA) is 83.9 Å². The van der Waals surface area contributed by atoms with Crippen LogP contribution in [0.4, 0.5) is 0 Å². The fraction of sp³-hybridized carbons (Fsp3) is 0.500. The molecule has 1 aromatic carbocycles. The third-order valence-corrected chi connectivity index (χ3v) is 5.58. The van der Waals surface area contributed by atoms with Gasteiger partial charge in [-0.05, 0) is 36.1 Å². The van der Waals surface area contributed by atoms with Crippen LogP contribution >= 0.6 is 0 Å². The van der Waals surface area contributed by atoms with Crippen LogP contribution in [0.2, 0.25) is 0 Å². The Balaban J connectivity index is 2.44. The summed E-state index contributed by atoms with van der Waals surface area (Å²) in [5, 5.41) is 8.98. The van der Waals surface area contributed by atoms with Crippen LogP contribution in [0.1, 0.15) is 18.9 Å². The van der Waals surface area contributed by atoms with Gasteiger partial charge in [0.2, 0.25) is 10.0 Å². The summed E-state index contributed by atoms with van der Waals surface area (Å²) in [6.45, 7) is 2.95. The van der Waals surface area contributed by atoms with Gasteiger partial charge >= 0.3 is 5.97 Å². The van der Waals surface area contributed by atoms with Crippen molar-refractivity contribution in [3.63, 3.8) is 0 Å². The number of carboxylic acids is 1. The molecule has 1 atom stereocenters. The summed E-state index contributed by atoms with van der Waals surface area (Å²) >= 11 is 0. The van der Waals surface area contributed by atoms with Gasteiger partial charge in [0.15, 0.2) is 0 Å². The van der Waals surface area contributed by atoms with Crippen molar-refractivity contribution in [2.45, 2.75) is 24.7 Å². The Hall–Kier alpha value is -1.60. The molecule has 1 saturated heterocycles. The second kappa shape index (κ2) is 6.03. The van der Waals surface area contributed by atoms with Gasteiger partial charge in [-0.1, -0.05) is 6.92 Å². The average molecular weight is 313 g/mol. The van der Waals surface area contributed by atoms with Crippen LogP contribution in [0.25, 0.3) is 0 Å². The first kappa shape index (κ1) is 15.8. The molecule has 1 heterocycles. The molecular formula is C14H19NO5S. The van der Waals surface area contributed by atoms with E-state index in [1.807, 2.05) is 6.92 Å². The van der Waals surface area contributed by atoms with Gasteiger partial charge in [0, 0.05) is 13.1 Å². The van der Waals surface area contributed by atoms with E-state index in [2.05, 4.69) is 0 Å². The summed E-state index contributed by atoms with van der Waals surface area (Å²) in [6, 6.07) is 4.44. The molecule has 0 saturated carbocycles. The highest BCUT2D eigenvalue weighted by molar-refractivity contribution is 7.89. The van der Waals surface area contributed by atoms with E-state index < -0.39 is 16.0 Å². The number of benzene rings is 1. The Kier molecular flexibility index (Phi) is 4.53. The molecule has 1 fully saturated rings. The Morgan fingerprint density at radius 1 is 1.48 bits per heavy atom. The molecule has 6 nitrogen and oxygen atoms in total. The van der Waals surface area contributed by atoms with Gasteiger partial charge in [-0.15, -0.1) is 0 Å². The number of hydrogen-bond donors (Lipinski definition) is 1. The SMILES string of the molecule is COc1ccc(S(=O)(=O)N2CCC(C)C2)c(CC(=O)O)c1. The van der Waals surface area contributed by atoms with Gasteiger partial charge in [0.25, 0.3) is 0 Å². The van der Waals surface area contributed by atoms with Crippen molar-refractivity contribution in [1.82, 2.24) is 4.31 Å². The van der Waals surface area contributed by atoms with E-state index in [9.17, 15) is 13.2 Å². The maximum absolute atomic E-state index is 12.7. The molecule has 1 aliphatic heterocycles. The highest BCUT2D eigenvalue weighted by Crippen LogP contribution is 2.28. The first-order valence-corrected chi connectivity index (χ1v) is 8.17. The molecule has 0 aliphatic carbocycles. The minimum atomic E-state index is -3.66. The summed E-state index contributed by atoms with van der Waals surface area (Å²) in [5.41, 5.74) is 0.251. The zero-order valence-electron chi connectivity index (χ0n) is 12.1. The van der Waals surface area contributed by atoms with Crippen molar-refractivity contribution < 1.29 is 23.1 Å². The molecule has 0 aromatic heterocycles. The third-order valence-electron chi connectivity index (χ3n) is 3.61. The molecule has 21 heavy (non-hydrogen) atoms. The van der Waals surface area contributed by atoms with Crippen LogP contribution in [0, 0.1) is 5.92 Å². The predicted octanol–water partition coefficient (Wildman–Crippen LogP) is 1.35. The lowest BCUT2D eigenvalue weighted by Gasteiger charge is -2.18. The van der Waals surface area contributed by atoms with Crippen LogP contribution in [0.3, 0.4) is 0 Å². The Morgan fingerprint density at radius 3 is 2.71 bits per heavy atom. The largest absolute Gasteiger partial charge is 0.497 e. The normalized spacial score (nSPS) is 19.6. The quantitative estimate of drug-likeness (QED) is 0.887. The van der Waals surface area contributed by atoms with Crippen LogP contribution < -0.4 is 4.74 Å². The van der Waals surface area contributed by atoms with Crippen molar-refractivity contribution in [1.29, 1.82) is 0 Å². The van der Waals surface area contributed by atoms with E-state index in [0.29, 0.717) is 24.8 Å². The minimum absolute atomic E-state index is 0.0554. The molecule has 0 amide bonds. The Labute approximate surface area is 124 Å². The van der Waals surface area contributed by atoms with Gasteiger partial charge in [0.05, 0.1) is 18.4 Å². The first-order chi connectivity index (χ1) is 9.84. The van der Waals surface area contributed by atoms with E-state index in [-0.39, 0.29) is 16.9 Å². The Morgan fingerprint density at radius 2 is 2.19 bits per heavy atom. The number of carboxylic acid groups (broad SMARTS) is 1. The second-order valence-corrected chi connectivity index (χ2v) is 7.21. The van der Waals surface area contributed by atoms with Gasteiger partial charge in [-0.25, -0.2) is 8.42 Å². The highest BCUT2D eigenvalue weighted by atomic mass is 32.2. The number of hydrogen-bond acceptors (Lipinski definition) is 4. The molecule has 1 aromatic rings. The van der Waals surface area contributed by atoms with Crippen LogP contribution in [0.15, 0.2) is 23.1 Å². The lowest BCUT2D eigenvalue weighted by Crippen LogP contribution is -2.29. The van der Waals surface area contributed by atoms with E-state index in [4.69, 9.17) is 9.84 Å². The van der Waals surface area contributed by atoms with Crippen LogP contribution in [-0.2, 0) is 21.2 Å². The summed E-state index contributed by atoms with van der Waals surface area (Å²) in [7, 11) is -2.20. The molecule has 0 spiro atoms. The van der Waals surface area contributed by atoms with Gasteiger partial charge in [-0.3, -0.25) is 4.79 Å². The number of methoxy groups -OCH3 is 1. The summed E-state index contributed by atoms with van der Waals surface area (Å²) < 4.78 is 31.8. The molecule has 116 valence electrons. The van der Waals surface area contributed by atoms with Crippen molar-refractivity contribution in [3.05, 3.63) is 23.8 Å². The van der Waals surface area contributed by atoms with E-state index in [0.717, 1.165) is 6.42 Å². The lowest BCUT2D eigenvalue weighted by molar-refractivity contribution is -0.136. The zero-order chi connectivity index (χ0) is 15.6. The Bertz CT molecular complexity index is 641. The fourth-order valence-electron chi connectivity index (χ4n) is 2.49. The zero-order valence-corrected chi connectivity index (χ0v) is 12.9. The molecule has 1 unspecified atom stereocenters. The van der Waals surface area contributed by atoms with E-state index in [1.165, 1.54) is 29.6 Å². The van der Waals surface area contributed by atoms with Gasteiger partial charge in [-0.2, -0.15) is 4.31 Å². The van der Waals surface area contributed by atoms with Crippen molar-refractivity contribution in [2.24, 2.45) is 5.92 Å². The van der Waals surface area contributed by atoms with Crippen molar-refractivity contribution in [3.8, 4) is 5.75 Å². The third kappa shape index (κ3) is 3.36. The van der Waals surface area contributed by atoms with Crippen molar-refractivity contribution >= 4 is 16.0 Å². The molecule has 2 rings (SSSR count). The lowest BCUT2D eigenvalue weighted by atomic mass is 10.1. The number of nitrogens with zero attached hydrogens (tertiary/aromatic N) is 1. The number of rotatable bonds is 5.